The summed E-state index contributed by atoms with van der Waals surface area (Å²) in [5.41, 5.74) is 2.34. The zero-order chi connectivity index (χ0) is 27.1. The normalized spacial score (nSPS) is 18.4. The van der Waals surface area contributed by atoms with Gasteiger partial charge < -0.3 is 19.7 Å². The van der Waals surface area contributed by atoms with Crippen LogP contribution >= 0.6 is 11.6 Å². The van der Waals surface area contributed by atoms with E-state index >= 15 is 0 Å². The Hall–Kier alpha value is -3.31. The number of methoxy groups -OCH3 is 2. The number of pyridine rings is 1. The smallest absolute Gasteiger partial charge is 0.303 e. The first kappa shape index (κ1) is 27.7. The number of aromatic nitrogens is 1. The fourth-order valence-electron chi connectivity index (χ4n) is 5.25. The van der Waals surface area contributed by atoms with Crippen molar-refractivity contribution in [2.45, 2.75) is 31.8 Å². The number of likely N-dealkylation sites (tertiary alicyclic amines) is 1. The third kappa shape index (κ3) is 6.96. The van der Waals surface area contributed by atoms with E-state index in [2.05, 4.69) is 21.7 Å². The van der Waals surface area contributed by atoms with Crippen molar-refractivity contribution < 1.29 is 24.5 Å². The van der Waals surface area contributed by atoms with Crippen LogP contribution in [0.25, 0.3) is 10.9 Å². The van der Waals surface area contributed by atoms with Gasteiger partial charge in [0.2, 0.25) is 0 Å². The van der Waals surface area contributed by atoms with Gasteiger partial charge in [-0.25, -0.2) is 0 Å². The lowest BCUT2D eigenvalue weighted by Gasteiger charge is -2.37. The number of rotatable bonds is 9. The van der Waals surface area contributed by atoms with Gasteiger partial charge in [0.1, 0.15) is 11.5 Å². The highest BCUT2D eigenvalue weighted by Crippen LogP contribution is 2.34. The van der Waals surface area contributed by atoms with E-state index in [9.17, 15) is 15.0 Å². The Labute approximate surface area is 228 Å². The van der Waals surface area contributed by atoms with Crippen LogP contribution in [0.5, 0.6) is 11.5 Å². The molecule has 3 atom stereocenters. The molecule has 8 heteroatoms. The van der Waals surface area contributed by atoms with Crippen LogP contribution in [0, 0.1) is 23.7 Å². The average Bonchev–Trinajstić information content (AvgIpc) is 2.91. The van der Waals surface area contributed by atoms with Crippen molar-refractivity contribution in [2.75, 3.05) is 33.9 Å². The molecule has 2 heterocycles. The third-order valence-corrected chi connectivity index (χ3v) is 7.49. The molecule has 0 saturated carbocycles. The fourth-order valence-corrected chi connectivity index (χ4v) is 5.42. The number of piperidine rings is 1. The molecule has 0 aliphatic carbocycles. The molecule has 0 bridgehead atoms. The van der Waals surface area contributed by atoms with Crippen LogP contribution in [-0.2, 0) is 4.79 Å². The second kappa shape index (κ2) is 13.0. The number of benzene rings is 2. The number of carboxylic acids is 1. The molecule has 1 aliphatic heterocycles. The van der Waals surface area contributed by atoms with Crippen LogP contribution in [0.4, 0.5) is 0 Å². The highest BCUT2D eigenvalue weighted by atomic mass is 35.5. The number of ether oxygens (including phenoxy) is 2. The Bertz CT molecular complexity index is 1340. The van der Waals surface area contributed by atoms with Crippen molar-refractivity contribution in [1.82, 2.24) is 9.88 Å². The topological polar surface area (TPSA) is 92.1 Å². The molecule has 0 amide bonds. The number of fused-ring (bicyclic) bond motifs is 1. The first-order valence-corrected chi connectivity index (χ1v) is 13.1. The van der Waals surface area contributed by atoms with Gasteiger partial charge in [-0.3, -0.25) is 14.7 Å². The number of aliphatic hydroxyl groups excluding tert-OH is 1. The summed E-state index contributed by atoms with van der Waals surface area (Å²) in [7, 11) is 3.21. The molecule has 4 rings (SSSR count). The summed E-state index contributed by atoms with van der Waals surface area (Å²) in [6.45, 7) is 2.02. The SMILES string of the molecule is COc1ccc2nccc([C@@H](O)CC[C@@H]3CCN(CC#Cc4cc(Cl)ccc4OC)C[C@@H]3CC(=O)O)c2c1. The molecule has 0 unspecified atom stereocenters. The molecular weight excluding hydrogens is 504 g/mol. The molecule has 2 aromatic carbocycles. The summed E-state index contributed by atoms with van der Waals surface area (Å²) in [5, 5.41) is 22.1. The first-order chi connectivity index (χ1) is 18.4. The van der Waals surface area contributed by atoms with E-state index in [0.717, 1.165) is 41.4 Å². The Morgan fingerprint density at radius 1 is 1.18 bits per heavy atom. The molecule has 7 nitrogen and oxygen atoms in total. The van der Waals surface area contributed by atoms with Crippen molar-refractivity contribution in [3.05, 3.63) is 64.8 Å². The number of aliphatic carboxylic acids is 1. The second-order valence-corrected chi connectivity index (χ2v) is 10.1. The summed E-state index contributed by atoms with van der Waals surface area (Å²) in [6, 6.07) is 12.8. The summed E-state index contributed by atoms with van der Waals surface area (Å²) in [6.07, 6.45) is 3.28. The van der Waals surface area contributed by atoms with Gasteiger partial charge in [-0.05, 0) is 85.7 Å². The molecule has 1 aliphatic rings. The summed E-state index contributed by atoms with van der Waals surface area (Å²) < 4.78 is 10.7. The molecule has 0 spiro atoms. The predicted octanol–water partition coefficient (Wildman–Crippen LogP) is 5.18. The molecule has 1 saturated heterocycles. The number of hydrogen-bond acceptors (Lipinski definition) is 6. The van der Waals surface area contributed by atoms with Crippen LogP contribution in [-0.4, -0.2) is 59.9 Å². The molecule has 2 N–H and O–H groups in total. The van der Waals surface area contributed by atoms with Gasteiger partial charge in [0, 0.05) is 29.6 Å². The van der Waals surface area contributed by atoms with Gasteiger partial charge in [0.15, 0.2) is 0 Å². The van der Waals surface area contributed by atoms with Crippen molar-refractivity contribution in [2.24, 2.45) is 11.8 Å². The monoisotopic (exact) mass is 536 g/mol. The van der Waals surface area contributed by atoms with Crippen LogP contribution in [0.2, 0.25) is 5.02 Å². The lowest BCUT2D eigenvalue weighted by Crippen LogP contribution is -2.41. The van der Waals surface area contributed by atoms with Gasteiger partial charge in [-0.15, -0.1) is 0 Å². The molecular formula is C30H33ClN2O5. The highest BCUT2D eigenvalue weighted by Gasteiger charge is 2.31. The Morgan fingerprint density at radius 3 is 2.79 bits per heavy atom. The minimum Gasteiger partial charge on any atom is -0.497 e. The minimum absolute atomic E-state index is 0.00904. The number of aliphatic hydroxyl groups is 1. The van der Waals surface area contributed by atoms with Gasteiger partial charge in [0.05, 0.1) is 37.9 Å². The largest absolute Gasteiger partial charge is 0.497 e. The number of nitrogens with zero attached hydrogens (tertiary/aromatic N) is 2. The van der Waals surface area contributed by atoms with E-state index in [1.54, 1.807) is 38.6 Å². The molecule has 200 valence electrons. The maximum atomic E-state index is 11.6. The standard InChI is InChI=1S/C30H33ClN2O5/c1-37-24-7-8-27-26(18-24)25(11-13-32-27)28(34)9-5-20-12-15-33(19-22(20)17-30(35)36)14-3-4-21-16-23(31)6-10-29(21)38-2/h6-8,10-11,13,16,18,20,22,28,34H,5,9,12,14-15,17,19H2,1-2H3,(H,35,36)/t20-,22+,28+/m1/s1. The van der Waals surface area contributed by atoms with Gasteiger partial charge in [0.25, 0.3) is 0 Å². The molecule has 0 radical (unpaired) electrons. The van der Waals surface area contributed by atoms with E-state index in [1.807, 2.05) is 24.3 Å². The lowest BCUT2D eigenvalue weighted by molar-refractivity contribution is -0.139. The number of carbonyl (C=O) groups is 1. The van der Waals surface area contributed by atoms with Gasteiger partial charge in [-0.2, -0.15) is 0 Å². The molecule has 1 aromatic heterocycles. The van der Waals surface area contributed by atoms with Crippen LogP contribution < -0.4 is 9.47 Å². The van der Waals surface area contributed by atoms with Gasteiger partial charge in [-0.1, -0.05) is 23.4 Å². The van der Waals surface area contributed by atoms with E-state index in [1.165, 1.54) is 0 Å². The van der Waals surface area contributed by atoms with Crippen molar-refractivity contribution in [3.8, 4) is 23.3 Å². The van der Waals surface area contributed by atoms with E-state index in [4.69, 9.17) is 21.1 Å². The first-order valence-electron chi connectivity index (χ1n) is 12.7. The summed E-state index contributed by atoms with van der Waals surface area (Å²) in [5.74, 6) is 7.11. The minimum atomic E-state index is -0.802. The van der Waals surface area contributed by atoms with Crippen LogP contribution in [0.15, 0.2) is 48.7 Å². The molecule has 38 heavy (non-hydrogen) atoms. The van der Waals surface area contributed by atoms with Crippen molar-refractivity contribution in [1.29, 1.82) is 0 Å². The summed E-state index contributed by atoms with van der Waals surface area (Å²) >= 11 is 6.10. The molecule has 1 fully saturated rings. The molecule has 3 aromatic rings. The maximum absolute atomic E-state index is 11.6. The van der Waals surface area contributed by atoms with Crippen molar-refractivity contribution in [3.63, 3.8) is 0 Å². The Kier molecular flexibility index (Phi) is 9.46. The van der Waals surface area contributed by atoms with Crippen LogP contribution in [0.1, 0.15) is 42.9 Å². The maximum Gasteiger partial charge on any atom is 0.303 e. The zero-order valence-corrected chi connectivity index (χ0v) is 22.4. The van der Waals surface area contributed by atoms with Crippen molar-refractivity contribution >= 4 is 28.5 Å². The quantitative estimate of drug-likeness (QED) is 0.364. The lowest BCUT2D eigenvalue weighted by atomic mass is 9.79. The average molecular weight is 537 g/mol. The predicted molar refractivity (Wildman–Crippen MR) is 148 cm³/mol. The second-order valence-electron chi connectivity index (χ2n) is 9.66. The zero-order valence-electron chi connectivity index (χ0n) is 21.7. The Morgan fingerprint density at radius 2 is 2.03 bits per heavy atom. The van der Waals surface area contributed by atoms with Gasteiger partial charge >= 0.3 is 5.97 Å². The summed E-state index contributed by atoms with van der Waals surface area (Å²) in [4.78, 5) is 18.2. The van der Waals surface area contributed by atoms with E-state index in [0.29, 0.717) is 36.0 Å². The number of hydrogen-bond donors (Lipinski definition) is 2. The number of halogens is 1. The van der Waals surface area contributed by atoms with E-state index < -0.39 is 12.1 Å². The van der Waals surface area contributed by atoms with E-state index in [-0.39, 0.29) is 18.3 Å². The third-order valence-electron chi connectivity index (χ3n) is 7.25. The number of carboxylic acid groups (broad SMARTS) is 1. The fraction of sp³-hybridized carbons (Fsp3) is 0.400. The highest BCUT2D eigenvalue weighted by molar-refractivity contribution is 6.30. The Balaban J connectivity index is 1.40. The van der Waals surface area contributed by atoms with Crippen LogP contribution in [0.3, 0.4) is 0 Å².